The molecule has 20 heavy (non-hydrogen) atoms. The molecule has 0 atom stereocenters. The molecule has 0 aromatic heterocycles. The van der Waals surface area contributed by atoms with Crippen LogP contribution in [0.2, 0.25) is 0 Å². The van der Waals surface area contributed by atoms with E-state index in [0.717, 1.165) is 43.2 Å². The van der Waals surface area contributed by atoms with Crippen molar-refractivity contribution in [2.75, 3.05) is 30.3 Å². The van der Waals surface area contributed by atoms with Gasteiger partial charge in [-0.3, -0.25) is 0 Å². The molecule has 1 aromatic rings. The van der Waals surface area contributed by atoms with E-state index in [4.69, 9.17) is 10.5 Å². The number of allylic oxidation sites excluding steroid dienone is 2. The van der Waals surface area contributed by atoms with Crippen molar-refractivity contribution in [3.63, 3.8) is 0 Å². The van der Waals surface area contributed by atoms with Gasteiger partial charge < -0.3 is 15.4 Å². The number of nitrogen functional groups attached to an aromatic ring is 1. The summed E-state index contributed by atoms with van der Waals surface area (Å²) in [5.74, 6) is 0.904. The number of nitrogens with zero attached hydrogens (tertiary/aromatic N) is 1. The number of benzene rings is 1. The predicted molar refractivity (Wildman–Crippen MR) is 86.4 cm³/mol. The maximum atomic E-state index is 5.79. The van der Waals surface area contributed by atoms with E-state index in [0.29, 0.717) is 0 Å². The van der Waals surface area contributed by atoms with Gasteiger partial charge in [-0.1, -0.05) is 32.1 Å². The van der Waals surface area contributed by atoms with Gasteiger partial charge in [0, 0.05) is 18.3 Å². The first-order valence-corrected chi connectivity index (χ1v) is 7.46. The second-order valence-corrected chi connectivity index (χ2v) is 4.76. The average Bonchev–Trinajstić information content (AvgIpc) is 2.50. The Morgan fingerprint density at radius 2 is 2.10 bits per heavy atom. The molecule has 2 N–H and O–H groups in total. The topological polar surface area (TPSA) is 38.5 Å². The first-order chi connectivity index (χ1) is 9.83. The highest BCUT2D eigenvalue weighted by atomic mass is 16.5. The van der Waals surface area contributed by atoms with Crippen molar-refractivity contribution in [1.82, 2.24) is 0 Å². The molecule has 0 saturated carbocycles. The van der Waals surface area contributed by atoms with Gasteiger partial charge in [-0.2, -0.15) is 0 Å². The molecule has 3 heteroatoms. The maximum Gasteiger partial charge on any atom is 0.144 e. The molecular weight excluding hydrogens is 248 g/mol. The lowest BCUT2D eigenvalue weighted by Crippen LogP contribution is -2.34. The van der Waals surface area contributed by atoms with Crippen LogP contribution in [0.15, 0.2) is 42.0 Å². The van der Waals surface area contributed by atoms with Crippen molar-refractivity contribution in [2.45, 2.75) is 26.7 Å². The zero-order chi connectivity index (χ0) is 14.4. The van der Waals surface area contributed by atoms with Gasteiger partial charge in [0.25, 0.3) is 0 Å². The molecule has 0 unspecified atom stereocenters. The Balaban J connectivity index is 0.000000704. The van der Waals surface area contributed by atoms with E-state index in [1.165, 1.54) is 12.0 Å². The quantitative estimate of drug-likeness (QED) is 0.833. The maximum absolute atomic E-state index is 5.79. The number of rotatable bonds is 2. The first-order valence-electron chi connectivity index (χ1n) is 7.46. The Morgan fingerprint density at radius 3 is 2.85 bits per heavy atom. The fourth-order valence-corrected chi connectivity index (χ4v) is 2.46. The zero-order valence-electron chi connectivity index (χ0n) is 12.4. The molecule has 3 rings (SSSR count). The molecule has 1 aliphatic carbocycles. The lowest BCUT2D eigenvalue weighted by atomic mass is 10.1. The summed E-state index contributed by atoms with van der Waals surface area (Å²) in [4.78, 5) is 2.36. The number of hydrogen-bond donors (Lipinski definition) is 1. The molecule has 0 amide bonds. The highest BCUT2D eigenvalue weighted by Gasteiger charge is 2.18. The molecule has 1 aromatic carbocycles. The Hall–Kier alpha value is -1.90. The van der Waals surface area contributed by atoms with E-state index in [9.17, 15) is 0 Å². The number of hydrogen-bond acceptors (Lipinski definition) is 3. The fourth-order valence-electron chi connectivity index (χ4n) is 2.46. The van der Waals surface area contributed by atoms with Crippen molar-refractivity contribution in [3.05, 3.63) is 42.0 Å². The van der Waals surface area contributed by atoms with Crippen molar-refractivity contribution in [2.24, 2.45) is 0 Å². The van der Waals surface area contributed by atoms with Crippen LogP contribution >= 0.6 is 0 Å². The highest BCUT2D eigenvalue weighted by molar-refractivity contribution is 5.65. The molecule has 2 aliphatic rings. The second-order valence-electron chi connectivity index (χ2n) is 4.76. The third kappa shape index (κ3) is 3.35. The predicted octanol–water partition coefficient (Wildman–Crippen LogP) is 3.77. The largest absolute Gasteiger partial charge is 0.489 e. The van der Waals surface area contributed by atoms with Crippen LogP contribution in [0.25, 0.3) is 0 Å². The normalized spacial score (nSPS) is 16.5. The van der Waals surface area contributed by atoms with E-state index in [-0.39, 0.29) is 0 Å². The van der Waals surface area contributed by atoms with Crippen LogP contribution in [0.5, 0.6) is 5.75 Å². The number of fused-ring (bicyclic) bond motifs is 1. The molecule has 0 radical (unpaired) electrons. The second kappa shape index (κ2) is 7.04. The van der Waals surface area contributed by atoms with Crippen LogP contribution in [0, 0.1) is 0 Å². The Bertz CT molecular complexity index is 506. The van der Waals surface area contributed by atoms with Crippen molar-refractivity contribution >= 4 is 11.4 Å². The number of ether oxygens (including phenoxy) is 1. The fraction of sp³-hybridized carbons (Fsp3) is 0.412. The van der Waals surface area contributed by atoms with Gasteiger partial charge in [0.15, 0.2) is 0 Å². The smallest absolute Gasteiger partial charge is 0.144 e. The lowest BCUT2D eigenvalue weighted by Gasteiger charge is -2.32. The average molecular weight is 272 g/mol. The van der Waals surface area contributed by atoms with Crippen molar-refractivity contribution in [1.29, 1.82) is 0 Å². The number of anilines is 2. The van der Waals surface area contributed by atoms with Gasteiger partial charge in [-0.05, 0) is 30.5 Å². The van der Waals surface area contributed by atoms with Gasteiger partial charge in [-0.25, -0.2) is 0 Å². The molecule has 0 spiro atoms. The highest BCUT2D eigenvalue weighted by Crippen LogP contribution is 2.33. The molecule has 1 aliphatic heterocycles. The van der Waals surface area contributed by atoms with Gasteiger partial charge >= 0.3 is 0 Å². The van der Waals surface area contributed by atoms with Gasteiger partial charge in [0.1, 0.15) is 12.4 Å². The summed E-state index contributed by atoms with van der Waals surface area (Å²) in [5.41, 5.74) is 9.09. The van der Waals surface area contributed by atoms with Crippen LogP contribution in [0.4, 0.5) is 11.4 Å². The monoisotopic (exact) mass is 272 g/mol. The minimum absolute atomic E-state index is 0.730. The summed E-state index contributed by atoms with van der Waals surface area (Å²) >= 11 is 0. The molecule has 0 bridgehead atoms. The molecule has 3 nitrogen and oxygen atoms in total. The SMILES string of the molecule is CC.Nc1ccc2c(c1)OCCN2CC1=CCCC=C1. The van der Waals surface area contributed by atoms with E-state index in [2.05, 4.69) is 29.2 Å². The number of nitrogens with two attached hydrogens (primary N) is 1. The van der Waals surface area contributed by atoms with Gasteiger partial charge in [0.05, 0.1) is 12.2 Å². The standard InChI is InChI=1S/C15H18N2O.C2H6/c16-13-6-7-14-15(10-13)18-9-8-17(14)11-12-4-2-1-3-5-12;1-2/h2,4-7,10H,1,3,8-9,11,16H2;1-2H3. The van der Waals surface area contributed by atoms with Crippen LogP contribution in [-0.4, -0.2) is 19.7 Å². The van der Waals surface area contributed by atoms with E-state index in [1.54, 1.807) is 0 Å². The van der Waals surface area contributed by atoms with Crippen LogP contribution in [0.3, 0.4) is 0 Å². The summed E-state index contributed by atoms with van der Waals surface area (Å²) < 4.78 is 5.66. The molecule has 1 heterocycles. The summed E-state index contributed by atoms with van der Waals surface area (Å²) in [6.45, 7) is 6.62. The first kappa shape index (κ1) is 14.5. The third-order valence-corrected chi connectivity index (χ3v) is 3.39. The van der Waals surface area contributed by atoms with Crippen LogP contribution < -0.4 is 15.4 Å². The Kier molecular flexibility index (Phi) is 5.10. The zero-order valence-corrected chi connectivity index (χ0v) is 12.4. The minimum Gasteiger partial charge on any atom is -0.489 e. The third-order valence-electron chi connectivity index (χ3n) is 3.39. The molecule has 0 saturated heterocycles. The summed E-state index contributed by atoms with van der Waals surface area (Å²) in [5, 5.41) is 0. The molecule has 0 fully saturated rings. The summed E-state index contributed by atoms with van der Waals surface area (Å²) in [7, 11) is 0. The van der Waals surface area contributed by atoms with Crippen molar-refractivity contribution < 1.29 is 4.74 Å². The van der Waals surface area contributed by atoms with E-state index < -0.39 is 0 Å². The summed E-state index contributed by atoms with van der Waals surface area (Å²) in [6, 6.07) is 5.90. The van der Waals surface area contributed by atoms with Crippen LogP contribution in [0.1, 0.15) is 26.7 Å². The molecular formula is C17H24N2O. The molecule has 108 valence electrons. The van der Waals surface area contributed by atoms with Crippen LogP contribution in [-0.2, 0) is 0 Å². The summed E-state index contributed by atoms with van der Waals surface area (Å²) in [6.07, 6.45) is 9.13. The lowest BCUT2D eigenvalue weighted by molar-refractivity contribution is 0.309. The van der Waals surface area contributed by atoms with Gasteiger partial charge in [-0.15, -0.1) is 0 Å². The Labute approximate surface area is 121 Å². The van der Waals surface area contributed by atoms with Gasteiger partial charge in [0.2, 0.25) is 0 Å². The van der Waals surface area contributed by atoms with Crippen molar-refractivity contribution in [3.8, 4) is 5.75 Å². The Morgan fingerprint density at radius 1 is 1.25 bits per heavy atom. The van der Waals surface area contributed by atoms with E-state index >= 15 is 0 Å². The minimum atomic E-state index is 0.730. The van der Waals surface area contributed by atoms with E-state index in [1.807, 2.05) is 26.0 Å².